The number of rotatable bonds is 7. The van der Waals surface area contributed by atoms with Gasteiger partial charge in [-0.05, 0) is 45.6 Å². The maximum absolute atomic E-state index is 3.75. The van der Waals surface area contributed by atoms with E-state index in [2.05, 4.69) is 31.4 Å². The molecule has 0 aromatic heterocycles. The van der Waals surface area contributed by atoms with Crippen molar-refractivity contribution >= 4 is 0 Å². The van der Waals surface area contributed by atoms with Crippen LogP contribution in [0.3, 0.4) is 0 Å². The Morgan fingerprint density at radius 3 is 2.73 bits per heavy atom. The molecule has 1 aliphatic rings. The third-order valence-corrected chi connectivity index (χ3v) is 3.45. The first-order chi connectivity index (χ1) is 7.26. The van der Waals surface area contributed by atoms with Gasteiger partial charge in [0.15, 0.2) is 0 Å². The quantitative estimate of drug-likeness (QED) is 0.678. The highest BCUT2D eigenvalue weighted by Crippen LogP contribution is 2.12. The first kappa shape index (κ1) is 13.0. The molecule has 1 aliphatic heterocycles. The Morgan fingerprint density at radius 2 is 2.20 bits per heavy atom. The van der Waals surface area contributed by atoms with E-state index in [1.807, 2.05) is 0 Å². The van der Waals surface area contributed by atoms with Crippen molar-refractivity contribution in [3.05, 3.63) is 0 Å². The highest BCUT2D eigenvalue weighted by molar-refractivity contribution is 4.80. The number of hydrogen-bond acceptors (Lipinski definition) is 2. The molecule has 0 saturated carbocycles. The average molecular weight is 212 g/mol. The molecule has 1 saturated heterocycles. The fraction of sp³-hybridized carbons (Fsp3) is 1.00. The molecule has 0 aromatic rings. The topological polar surface area (TPSA) is 24.1 Å². The fourth-order valence-electron chi connectivity index (χ4n) is 2.61. The van der Waals surface area contributed by atoms with Crippen LogP contribution in [0.5, 0.6) is 0 Å². The van der Waals surface area contributed by atoms with Gasteiger partial charge in [0.1, 0.15) is 0 Å². The van der Waals surface area contributed by atoms with E-state index >= 15 is 0 Å². The molecule has 1 fully saturated rings. The third-order valence-electron chi connectivity index (χ3n) is 3.45. The van der Waals surface area contributed by atoms with Crippen LogP contribution in [-0.4, -0.2) is 24.7 Å². The summed E-state index contributed by atoms with van der Waals surface area (Å²) in [6.45, 7) is 8.11. The summed E-state index contributed by atoms with van der Waals surface area (Å²) in [7, 11) is 0. The van der Waals surface area contributed by atoms with Crippen molar-refractivity contribution in [1.82, 2.24) is 10.6 Å². The van der Waals surface area contributed by atoms with Gasteiger partial charge in [-0.25, -0.2) is 0 Å². The highest BCUT2D eigenvalue weighted by atomic mass is 15.0. The summed E-state index contributed by atoms with van der Waals surface area (Å²) < 4.78 is 0. The van der Waals surface area contributed by atoms with Gasteiger partial charge in [0.2, 0.25) is 0 Å². The van der Waals surface area contributed by atoms with Crippen molar-refractivity contribution in [3.63, 3.8) is 0 Å². The van der Waals surface area contributed by atoms with Crippen LogP contribution in [0.15, 0.2) is 0 Å². The van der Waals surface area contributed by atoms with E-state index in [1.165, 1.54) is 45.1 Å². The van der Waals surface area contributed by atoms with Gasteiger partial charge in [-0.2, -0.15) is 0 Å². The molecule has 1 heterocycles. The molecule has 15 heavy (non-hydrogen) atoms. The molecule has 2 nitrogen and oxygen atoms in total. The van der Waals surface area contributed by atoms with Gasteiger partial charge in [0, 0.05) is 18.1 Å². The Morgan fingerprint density at radius 1 is 1.40 bits per heavy atom. The summed E-state index contributed by atoms with van der Waals surface area (Å²) in [4.78, 5) is 0. The minimum Gasteiger partial charge on any atom is -0.314 e. The summed E-state index contributed by atoms with van der Waals surface area (Å²) >= 11 is 0. The summed E-state index contributed by atoms with van der Waals surface area (Å²) in [6.07, 6.45) is 7.90. The van der Waals surface area contributed by atoms with E-state index in [9.17, 15) is 0 Å². The molecule has 3 unspecified atom stereocenters. The van der Waals surface area contributed by atoms with Gasteiger partial charge in [0.05, 0.1) is 0 Å². The predicted octanol–water partition coefficient (Wildman–Crippen LogP) is 2.69. The first-order valence-corrected chi connectivity index (χ1v) is 6.75. The van der Waals surface area contributed by atoms with Gasteiger partial charge in [-0.3, -0.25) is 0 Å². The molecule has 0 spiro atoms. The van der Waals surface area contributed by atoms with Crippen molar-refractivity contribution in [2.24, 2.45) is 0 Å². The molecule has 2 heteroatoms. The summed E-state index contributed by atoms with van der Waals surface area (Å²) in [6, 6.07) is 2.16. The van der Waals surface area contributed by atoms with Crippen molar-refractivity contribution in [3.8, 4) is 0 Å². The second-order valence-electron chi connectivity index (χ2n) is 4.99. The van der Waals surface area contributed by atoms with E-state index in [4.69, 9.17) is 0 Å². The zero-order valence-corrected chi connectivity index (χ0v) is 10.7. The first-order valence-electron chi connectivity index (χ1n) is 6.75. The Bertz CT molecular complexity index is 153. The van der Waals surface area contributed by atoms with Gasteiger partial charge in [-0.15, -0.1) is 0 Å². The zero-order valence-electron chi connectivity index (χ0n) is 10.7. The normalized spacial score (nSPS) is 25.4. The minimum absolute atomic E-state index is 0.664. The zero-order chi connectivity index (χ0) is 11.1. The second kappa shape index (κ2) is 7.24. The van der Waals surface area contributed by atoms with Crippen LogP contribution in [-0.2, 0) is 0 Å². The third kappa shape index (κ3) is 4.98. The Kier molecular flexibility index (Phi) is 6.26. The molecular weight excluding hydrogens is 184 g/mol. The van der Waals surface area contributed by atoms with E-state index in [0.717, 1.165) is 12.1 Å². The Labute approximate surface area is 95.2 Å². The molecule has 0 amide bonds. The molecular formula is C13H28N2. The van der Waals surface area contributed by atoms with Crippen molar-refractivity contribution < 1.29 is 0 Å². The molecule has 2 N–H and O–H groups in total. The van der Waals surface area contributed by atoms with Crippen LogP contribution >= 0.6 is 0 Å². The molecule has 90 valence electrons. The van der Waals surface area contributed by atoms with Crippen molar-refractivity contribution in [2.45, 2.75) is 77.4 Å². The lowest BCUT2D eigenvalue weighted by Gasteiger charge is -2.24. The van der Waals surface area contributed by atoms with Crippen LogP contribution in [0.1, 0.15) is 59.3 Å². The lowest BCUT2D eigenvalue weighted by Crippen LogP contribution is -2.39. The van der Waals surface area contributed by atoms with Crippen LogP contribution in [0.25, 0.3) is 0 Å². The van der Waals surface area contributed by atoms with E-state index in [1.54, 1.807) is 0 Å². The van der Waals surface area contributed by atoms with Crippen LogP contribution in [0, 0.1) is 0 Å². The van der Waals surface area contributed by atoms with Crippen molar-refractivity contribution in [2.75, 3.05) is 6.54 Å². The van der Waals surface area contributed by atoms with Crippen LogP contribution in [0.2, 0.25) is 0 Å². The molecule has 0 bridgehead atoms. The van der Waals surface area contributed by atoms with Gasteiger partial charge >= 0.3 is 0 Å². The van der Waals surface area contributed by atoms with E-state index in [-0.39, 0.29) is 0 Å². The maximum atomic E-state index is 3.75. The predicted molar refractivity (Wildman–Crippen MR) is 67.2 cm³/mol. The molecule has 3 atom stereocenters. The Hall–Kier alpha value is -0.0800. The van der Waals surface area contributed by atoms with Crippen LogP contribution in [0.4, 0.5) is 0 Å². The smallest absolute Gasteiger partial charge is 0.00822 e. The van der Waals surface area contributed by atoms with Gasteiger partial charge < -0.3 is 10.6 Å². The fourth-order valence-corrected chi connectivity index (χ4v) is 2.61. The average Bonchev–Trinajstić information content (AvgIpc) is 2.69. The lowest BCUT2D eigenvalue weighted by molar-refractivity contribution is 0.369. The maximum Gasteiger partial charge on any atom is 0.00822 e. The summed E-state index contributed by atoms with van der Waals surface area (Å²) in [5.74, 6) is 0. The molecule has 0 aromatic carbocycles. The second-order valence-corrected chi connectivity index (χ2v) is 4.99. The van der Waals surface area contributed by atoms with Gasteiger partial charge in [-0.1, -0.05) is 20.3 Å². The Balaban J connectivity index is 2.17. The van der Waals surface area contributed by atoms with E-state index in [0.29, 0.717) is 6.04 Å². The van der Waals surface area contributed by atoms with Gasteiger partial charge in [0.25, 0.3) is 0 Å². The largest absolute Gasteiger partial charge is 0.314 e. The monoisotopic (exact) mass is 212 g/mol. The van der Waals surface area contributed by atoms with E-state index < -0.39 is 0 Å². The molecule has 1 rings (SSSR count). The standard InChI is InChI=1S/C13H28N2/c1-4-7-12(5-2)15-11(3)10-13-8-6-9-14-13/h11-15H,4-10H2,1-3H3. The van der Waals surface area contributed by atoms with Crippen LogP contribution < -0.4 is 10.6 Å². The SMILES string of the molecule is CCCC(CC)NC(C)CC1CCCN1. The number of hydrogen-bond donors (Lipinski definition) is 2. The lowest BCUT2D eigenvalue weighted by atomic mass is 10.0. The summed E-state index contributed by atoms with van der Waals surface area (Å²) in [5, 5.41) is 7.33. The van der Waals surface area contributed by atoms with Crippen molar-refractivity contribution in [1.29, 1.82) is 0 Å². The highest BCUT2D eigenvalue weighted by Gasteiger charge is 2.18. The number of nitrogens with one attached hydrogen (secondary N) is 2. The molecule has 0 radical (unpaired) electrons. The summed E-state index contributed by atoms with van der Waals surface area (Å²) in [5.41, 5.74) is 0. The molecule has 0 aliphatic carbocycles. The minimum atomic E-state index is 0.664.